The van der Waals surface area contributed by atoms with Gasteiger partial charge in [0.25, 0.3) is 0 Å². The third kappa shape index (κ3) is 3.40. The Hall–Kier alpha value is -1.93. The number of carbonyl (C=O) groups is 2. The van der Waals surface area contributed by atoms with E-state index in [9.17, 15) is 18.0 Å². The van der Waals surface area contributed by atoms with Crippen molar-refractivity contribution in [2.45, 2.75) is 24.7 Å². The number of nitrogens with two attached hydrogens (primary N) is 1. The van der Waals surface area contributed by atoms with Gasteiger partial charge in [0.1, 0.15) is 0 Å². The van der Waals surface area contributed by atoms with E-state index in [0.29, 0.717) is 13.0 Å². The van der Waals surface area contributed by atoms with Gasteiger partial charge in [0.05, 0.1) is 11.4 Å². The molecule has 114 valence electrons. The van der Waals surface area contributed by atoms with Gasteiger partial charge in [-0.2, -0.15) is 0 Å². The molecule has 8 heteroatoms. The maximum absolute atomic E-state index is 12.0. The molecular formula is C13H17N3O4S. The minimum atomic E-state index is -3.78. The van der Waals surface area contributed by atoms with Crippen molar-refractivity contribution in [3.63, 3.8) is 0 Å². The first-order chi connectivity index (χ1) is 9.81. The van der Waals surface area contributed by atoms with Gasteiger partial charge in [-0.25, -0.2) is 13.1 Å². The summed E-state index contributed by atoms with van der Waals surface area (Å²) in [5.74, 6) is -0.822. The molecular weight excluding hydrogens is 294 g/mol. The van der Waals surface area contributed by atoms with Crippen molar-refractivity contribution in [1.82, 2.24) is 4.72 Å². The van der Waals surface area contributed by atoms with Crippen LogP contribution in [-0.2, 0) is 26.0 Å². The average molecular weight is 311 g/mol. The summed E-state index contributed by atoms with van der Waals surface area (Å²) in [6.45, 7) is 1.67. The number of sulfonamides is 1. The van der Waals surface area contributed by atoms with Crippen LogP contribution in [0.1, 0.15) is 18.9 Å². The normalized spacial score (nSPS) is 14.6. The number of anilines is 1. The molecule has 0 fully saturated rings. The van der Waals surface area contributed by atoms with Crippen LogP contribution in [0.4, 0.5) is 5.69 Å². The zero-order valence-corrected chi connectivity index (χ0v) is 12.4. The molecule has 0 aliphatic carbocycles. The van der Waals surface area contributed by atoms with Crippen LogP contribution < -0.4 is 15.4 Å². The van der Waals surface area contributed by atoms with Crippen molar-refractivity contribution in [2.75, 3.05) is 18.0 Å². The Morgan fingerprint density at radius 3 is 2.71 bits per heavy atom. The number of rotatable bonds is 4. The largest absolute Gasteiger partial charge is 0.369 e. The molecule has 0 bridgehead atoms. The number of aryl methyl sites for hydroxylation is 1. The second-order valence-corrected chi connectivity index (χ2v) is 6.62. The first kappa shape index (κ1) is 15.5. The van der Waals surface area contributed by atoms with Crippen LogP contribution in [0, 0.1) is 0 Å². The first-order valence-corrected chi connectivity index (χ1v) is 7.98. The summed E-state index contributed by atoms with van der Waals surface area (Å²) >= 11 is 0. The third-order valence-corrected chi connectivity index (χ3v) is 4.70. The minimum Gasteiger partial charge on any atom is -0.369 e. The molecule has 1 aromatic carbocycles. The summed E-state index contributed by atoms with van der Waals surface area (Å²) < 4.78 is 26.2. The lowest BCUT2D eigenvalue weighted by Gasteiger charge is -2.28. The SMILES string of the molecule is CC(=O)N1CCCc2cc(S(=O)(=O)NCC(N)=O)ccc21. The van der Waals surface area contributed by atoms with Crippen molar-refractivity contribution >= 4 is 27.5 Å². The van der Waals surface area contributed by atoms with E-state index in [1.165, 1.54) is 19.1 Å². The second-order valence-electron chi connectivity index (χ2n) is 4.86. The fourth-order valence-corrected chi connectivity index (χ4v) is 3.36. The lowest BCUT2D eigenvalue weighted by atomic mass is 10.0. The van der Waals surface area contributed by atoms with E-state index in [2.05, 4.69) is 4.72 Å². The van der Waals surface area contributed by atoms with Gasteiger partial charge in [-0.15, -0.1) is 0 Å². The Bertz CT molecular complexity index is 685. The molecule has 0 aromatic heterocycles. The smallest absolute Gasteiger partial charge is 0.241 e. The molecule has 2 rings (SSSR count). The maximum atomic E-state index is 12.0. The van der Waals surface area contributed by atoms with Crippen molar-refractivity contribution in [3.8, 4) is 0 Å². The second kappa shape index (κ2) is 5.82. The van der Waals surface area contributed by atoms with E-state index >= 15 is 0 Å². The topological polar surface area (TPSA) is 110 Å². The molecule has 0 radical (unpaired) electrons. The summed E-state index contributed by atoms with van der Waals surface area (Å²) in [7, 11) is -3.78. The first-order valence-electron chi connectivity index (χ1n) is 6.50. The molecule has 1 aromatic rings. The molecule has 0 spiro atoms. The predicted octanol–water partition coefficient (Wildman–Crippen LogP) is -0.251. The highest BCUT2D eigenvalue weighted by Gasteiger charge is 2.23. The molecule has 1 heterocycles. The highest BCUT2D eigenvalue weighted by Crippen LogP contribution is 2.29. The zero-order chi connectivity index (χ0) is 15.6. The van der Waals surface area contributed by atoms with Crippen molar-refractivity contribution < 1.29 is 18.0 Å². The number of amides is 2. The number of benzene rings is 1. The maximum Gasteiger partial charge on any atom is 0.241 e. The number of hydrogen-bond donors (Lipinski definition) is 2. The Balaban J connectivity index is 2.33. The Morgan fingerprint density at radius 2 is 2.10 bits per heavy atom. The van der Waals surface area contributed by atoms with Crippen molar-refractivity contribution in [1.29, 1.82) is 0 Å². The van der Waals surface area contributed by atoms with Crippen LogP contribution in [0.25, 0.3) is 0 Å². The Labute approximate surface area is 123 Å². The van der Waals surface area contributed by atoms with E-state index in [1.54, 1.807) is 11.0 Å². The molecule has 21 heavy (non-hydrogen) atoms. The molecule has 1 aliphatic rings. The van der Waals surface area contributed by atoms with Gasteiger partial charge >= 0.3 is 0 Å². The van der Waals surface area contributed by atoms with Crippen molar-refractivity contribution in [2.24, 2.45) is 5.73 Å². The van der Waals surface area contributed by atoms with Gasteiger partial charge in [-0.1, -0.05) is 0 Å². The van der Waals surface area contributed by atoms with Crippen LogP contribution in [0.5, 0.6) is 0 Å². The van der Waals surface area contributed by atoms with Gasteiger partial charge < -0.3 is 10.6 Å². The number of nitrogens with zero attached hydrogens (tertiary/aromatic N) is 1. The fourth-order valence-electron chi connectivity index (χ4n) is 2.32. The molecule has 2 amide bonds. The third-order valence-electron chi connectivity index (χ3n) is 3.30. The van der Waals surface area contributed by atoms with Crippen LogP contribution in [0.2, 0.25) is 0 Å². The van der Waals surface area contributed by atoms with E-state index in [0.717, 1.165) is 17.7 Å². The van der Waals surface area contributed by atoms with Gasteiger partial charge in [-0.3, -0.25) is 9.59 Å². The summed E-state index contributed by atoms with van der Waals surface area (Å²) in [6.07, 6.45) is 1.49. The van der Waals surface area contributed by atoms with E-state index in [1.807, 2.05) is 0 Å². The predicted molar refractivity (Wildman–Crippen MR) is 77.2 cm³/mol. The van der Waals surface area contributed by atoms with Gasteiger partial charge in [0, 0.05) is 19.2 Å². The summed E-state index contributed by atoms with van der Waals surface area (Å²) in [5, 5.41) is 0. The van der Waals surface area contributed by atoms with E-state index in [4.69, 9.17) is 5.73 Å². The quantitative estimate of drug-likeness (QED) is 0.799. The van der Waals surface area contributed by atoms with Crippen LogP contribution in [0.3, 0.4) is 0 Å². The highest BCUT2D eigenvalue weighted by molar-refractivity contribution is 7.89. The number of primary amides is 1. The minimum absolute atomic E-state index is 0.0629. The summed E-state index contributed by atoms with van der Waals surface area (Å²) in [6, 6.07) is 4.58. The lowest BCUT2D eigenvalue weighted by Crippen LogP contribution is -2.35. The van der Waals surface area contributed by atoms with Gasteiger partial charge in [0.15, 0.2) is 0 Å². The van der Waals surface area contributed by atoms with Crippen molar-refractivity contribution in [3.05, 3.63) is 23.8 Å². The lowest BCUT2D eigenvalue weighted by molar-refractivity contribution is -0.117. The fraction of sp³-hybridized carbons (Fsp3) is 0.385. The number of fused-ring (bicyclic) bond motifs is 1. The van der Waals surface area contributed by atoms with E-state index < -0.39 is 22.5 Å². The molecule has 0 atom stereocenters. The molecule has 7 nitrogen and oxygen atoms in total. The molecule has 3 N–H and O–H groups in total. The zero-order valence-electron chi connectivity index (χ0n) is 11.6. The number of carbonyl (C=O) groups excluding carboxylic acids is 2. The Morgan fingerprint density at radius 1 is 1.38 bits per heavy atom. The number of nitrogens with one attached hydrogen (secondary N) is 1. The van der Waals surface area contributed by atoms with Crippen LogP contribution in [-0.4, -0.2) is 33.3 Å². The molecule has 1 aliphatic heterocycles. The standard InChI is InChI=1S/C13H17N3O4S/c1-9(17)16-6-2-3-10-7-11(4-5-12(10)16)21(19,20)15-8-13(14)18/h4-5,7,15H,2-3,6,8H2,1H3,(H2,14,18). The van der Waals surface area contributed by atoms with E-state index in [-0.39, 0.29) is 10.8 Å². The van der Waals surface area contributed by atoms with Crippen LogP contribution >= 0.6 is 0 Å². The van der Waals surface area contributed by atoms with Gasteiger partial charge in [0.2, 0.25) is 21.8 Å². The average Bonchev–Trinajstić information content (AvgIpc) is 2.43. The molecule has 0 saturated heterocycles. The Kier molecular flexibility index (Phi) is 4.29. The van der Waals surface area contributed by atoms with Crippen LogP contribution in [0.15, 0.2) is 23.1 Å². The summed E-state index contributed by atoms with van der Waals surface area (Å²) in [5.41, 5.74) is 6.47. The highest BCUT2D eigenvalue weighted by atomic mass is 32.2. The molecule has 0 unspecified atom stereocenters. The number of hydrogen-bond acceptors (Lipinski definition) is 4. The van der Waals surface area contributed by atoms with Gasteiger partial charge in [-0.05, 0) is 36.6 Å². The molecule has 0 saturated carbocycles. The monoisotopic (exact) mass is 311 g/mol. The summed E-state index contributed by atoms with van der Waals surface area (Å²) in [4.78, 5) is 23.9.